The minimum atomic E-state index is -0.304. The minimum absolute atomic E-state index is 0.223. The number of hydrogen-bond acceptors (Lipinski definition) is 2. The molecule has 0 fully saturated rings. The first-order valence-electron chi connectivity index (χ1n) is 7.09. The molecule has 0 aliphatic carbocycles. The number of hydrogen-bond donors (Lipinski definition) is 1. The van der Waals surface area contributed by atoms with E-state index in [0.29, 0.717) is 16.6 Å². The second-order valence-electron chi connectivity index (χ2n) is 4.85. The number of carbonyl (C=O) groups excluding carboxylic acids is 1. The van der Waals surface area contributed by atoms with Crippen molar-refractivity contribution in [2.45, 2.75) is 6.10 Å². The van der Waals surface area contributed by atoms with Gasteiger partial charge in [-0.05, 0) is 23.8 Å². The highest BCUT2D eigenvalue weighted by atomic mass is 35.5. The van der Waals surface area contributed by atoms with Gasteiger partial charge >= 0.3 is 0 Å². The Kier molecular flexibility index (Phi) is 6.66. The lowest BCUT2D eigenvalue weighted by molar-refractivity contribution is -0.117. The van der Waals surface area contributed by atoms with Crippen LogP contribution in [0.5, 0.6) is 0 Å². The summed E-state index contributed by atoms with van der Waals surface area (Å²) in [5.74, 6) is -0.223. The number of methoxy groups -OCH3 is 1. The number of amides is 1. The van der Waals surface area contributed by atoms with Crippen LogP contribution in [-0.2, 0) is 9.53 Å². The van der Waals surface area contributed by atoms with E-state index in [4.69, 9.17) is 27.9 Å². The number of rotatable bonds is 6. The summed E-state index contributed by atoms with van der Waals surface area (Å²) in [6, 6.07) is 14.7. The summed E-state index contributed by atoms with van der Waals surface area (Å²) < 4.78 is 5.41. The Balaban J connectivity index is 1.95. The van der Waals surface area contributed by atoms with Crippen molar-refractivity contribution in [2.75, 3.05) is 13.7 Å². The van der Waals surface area contributed by atoms with Gasteiger partial charge in [0, 0.05) is 35.3 Å². The van der Waals surface area contributed by atoms with Gasteiger partial charge in [0.1, 0.15) is 6.10 Å². The van der Waals surface area contributed by atoms with E-state index < -0.39 is 0 Å². The van der Waals surface area contributed by atoms with E-state index in [9.17, 15) is 4.79 Å². The average Bonchev–Trinajstić information content (AvgIpc) is 2.56. The van der Waals surface area contributed by atoms with Gasteiger partial charge in [-0.3, -0.25) is 4.79 Å². The maximum Gasteiger partial charge on any atom is 0.244 e. The van der Waals surface area contributed by atoms with Crippen LogP contribution < -0.4 is 5.32 Å². The SMILES string of the molecule is COC(CNC(=O)/C=C/c1ccccc1Cl)c1ccccc1Cl. The second kappa shape index (κ2) is 8.73. The second-order valence-corrected chi connectivity index (χ2v) is 5.66. The van der Waals surface area contributed by atoms with Gasteiger partial charge in [-0.15, -0.1) is 0 Å². The first-order valence-corrected chi connectivity index (χ1v) is 7.85. The Morgan fingerprint density at radius 2 is 1.78 bits per heavy atom. The normalized spacial score (nSPS) is 12.3. The van der Waals surface area contributed by atoms with E-state index in [2.05, 4.69) is 5.32 Å². The van der Waals surface area contributed by atoms with Crippen LogP contribution in [0.3, 0.4) is 0 Å². The molecule has 0 aromatic heterocycles. The molecule has 2 aromatic carbocycles. The lowest BCUT2D eigenvalue weighted by Gasteiger charge is -2.17. The molecular formula is C18H17Cl2NO2. The van der Waals surface area contributed by atoms with Crippen LogP contribution in [0, 0.1) is 0 Å². The van der Waals surface area contributed by atoms with Crippen molar-refractivity contribution in [1.29, 1.82) is 0 Å². The topological polar surface area (TPSA) is 38.3 Å². The van der Waals surface area contributed by atoms with Crippen LogP contribution in [0.25, 0.3) is 6.08 Å². The maximum atomic E-state index is 11.9. The van der Waals surface area contributed by atoms with E-state index in [1.54, 1.807) is 25.3 Å². The zero-order valence-electron chi connectivity index (χ0n) is 12.6. The Morgan fingerprint density at radius 3 is 2.43 bits per heavy atom. The lowest BCUT2D eigenvalue weighted by Crippen LogP contribution is -2.27. The monoisotopic (exact) mass is 349 g/mol. The summed E-state index contributed by atoms with van der Waals surface area (Å²) in [5.41, 5.74) is 1.63. The molecule has 23 heavy (non-hydrogen) atoms. The summed E-state index contributed by atoms with van der Waals surface area (Å²) in [4.78, 5) is 11.9. The number of halogens is 2. The van der Waals surface area contributed by atoms with Crippen LogP contribution >= 0.6 is 23.2 Å². The molecule has 0 saturated carbocycles. The maximum absolute atomic E-state index is 11.9. The highest BCUT2D eigenvalue weighted by Gasteiger charge is 2.14. The van der Waals surface area contributed by atoms with Gasteiger partial charge in [-0.2, -0.15) is 0 Å². The molecule has 0 spiro atoms. The molecule has 0 heterocycles. The van der Waals surface area contributed by atoms with Gasteiger partial charge in [0.15, 0.2) is 0 Å². The minimum Gasteiger partial charge on any atom is -0.375 e. The Bertz CT molecular complexity index is 701. The van der Waals surface area contributed by atoms with Crippen molar-refractivity contribution in [2.24, 2.45) is 0 Å². The first-order chi connectivity index (χ1) is 11.1. The zero-order chi connectivity index (χ0) is 16.7. The number of benzene rings is 2. The molecule has 0 bridgehead atoms. The predicted molar refractivity (Wildman–Crippen MR) is 94.7 cm³/mol. The van der Waals surface area contributed by atoms with Crippen molar-refractivity contribution in [3.63, 3.8) is 0 Å². The van der Waals surface area contributed by atoms with Gasteiger partial charge in [-0.25, -0.2) is 0 Å². The summed E-state index contributed by atoms with van der Waals surface area (Å²) in [6.07, 6.45) is 2.82. The van der Waals surface area contributed by atoms with Crippen LogP contribution in [0.15, 0.2) is 54.6 Å². The summed E-state index contributed by atoms with van der Waals surface area (Å²) in [6.45, 7) is 0.325. The van der Waals surface area contributed by atoms with E-state index in [1.807, 2.05) is 36.4 Å². The van der Waals surface area contributed by atoms with Crippen LogP contribution in [0.1, 0.15) is 17.2 Å². The molecule has 0 radical (unpaired) electrons. The fourth-order valence-electron chi connectivity index (χ4n) is 2.08. The smallest absolute Gasteiger partial charge is 0.244 e. The van der Waals surface area contributed by atoms with Crippen molar-refractivity contribution in [3.05, 3.63) is 75.8 Å². The highest BCUT2D eigenvalue weighted by Crippen LogP contribution is 2.24. The fourth-order valence-corrected chi connectivity index (χ4v) is 2.54. The average molecular weight is 350 g/mol. The molecule has 2 aromatic rings. The predicted octanol–water partition coefficient (Wildman–Crippen LogP) is 4.51. The third-order valence-corrected chi connectivity index (χ3v) is 4.01. The number of nitrogens with one attached hydrogen (secondary N) is 1. The molecule has 1 amide bonds. The van der Waals surface area contributed by atoms with Crippen molar-refractivity contribution >= 4 is 35.2 Å². The van der Waals surface area contributed by atoms with E-state index in [1.165, 1.54) is 6.08 Å². The molecule has 1 N–H and O–H groups in total. The molecule has 0 aliphatic rings. The third kappa shape index (κ3) is 5.10. The van der Waals surface area contributed by atoms with Gasteiger partial charge in [0.05, 0.1) is 0 Å². The van der Waals surface area contributed by atoms with Crippen molar-refractivity contribution in [1.82, 2.24) is 5.32 Å². The summed E-state index contributed by atoms with van der Waals surface area (Å²) in [7, 11) is 1.58. The molecule has 0 aliphatic heterocycles. The first kappa shape index (κ1) is 17.5. The van der Waals surface area contributed by atoms with Crippen molar-refractivity contribution in [3.8, 4) is 0 Å². The fraction of sp³-hybridized carbons (Fsp3) is 0.167. The van der Waals surface area contributed by atoms with Crippen LogP contribution in [0.2, 0.25) is 10.0 Å². The van der Waals surface area contributed by atoms with Gasteiger partial charge in [0.25, 0.3) is 0 Å². The molecule has 1 atom stereocenters. The standard InChI is InChI=1S/C18H17Cl2NO2/c1-23-17(14-7-3-5-9-16(14)20)12-21-18(22)11-10-13-6-2-4-8-15(13)19/h2-11,17H,12H2,1H3,(H,21,22)/b11-10+. The quantitative estimate of drug-likeness (QED) is 0.779. The van der Waals surface area contributed by atoms with E-state index in [0.717, 1.165) is 11.1 Å². The zero-order valence-corrected chi connectivity index (χ0v) is 14.1. The lowest BCUT2D eigenvalue weighted by atomic mass is 10.1. The van der Waals surface area contributed by atoms with Crippen LogP contribution in [0.4, 0.5) is 0 Å². The Morgan fingerprint density at radius 1 is 1.13 bits per heavy atom. The molecule has 120 valence electrons. The molecule has 2 rings (SSSR count). The van der Waals surface area contributed by atoms with Gasteiger partial charge in [-0.1, -0.05) is 59.6 Å². The Labute approximate surface area is 145 Å². The molecule has 5 heteroatoms. The summed E-state index contributed by atoms with van der Waals surface area (Å²) >= 11 is 12.2. The molecule has 3 nitrogen and oxygen atoms in total. The van der Waals surface area contributed by atoms with Crippen LogP contribution in [-0.4, -0.2) is 19.6 Å². The molecule has 0 saturated heterocycles. The van der Waals surface area contributed by atoms with E-state index >= 15 is 0 Å². The van der Waals surface area contributed by atoms with Crippen molar-refractivity contribution < 1.29 is 9.53 Å². The molecular weight excluding hydrogens is 333 g/mol. The molecule has 1 unspecified atom stereocenters. The third-order valence-electron chi connectivity index (χ3n) is 3.32. The highest BCUT2D eigenvalue weighted by molar-refractivity contribution is 6.32. The number of ether oxygens (including phenoxy) is 1. The summed E-state index contributed by atoms with van der Waals surface area (Å²) in [5, 5.41) is 4.01. The van der Waals surface area contributed by atoms with Gasteiger partial charge in [0.2, 0.25) is 5.91 Å². The Hall–Kier alpha value is -1.81. The van der Waals surface area contributed by atoms with Gasteiger partial charge < -0.3 is 10.1 Å². The largest absolute Gasteiger partial charge is 0.375 e. The number of carbonyl (C=O) groups is 1. The van der Waals surface area contributed by atoms with E-state index in [-0.39, 0.29) is 12.0 Å².